The fourth-order valence-electron chi connectivity index (χ4n) is 3.11. The molecule has 0 bridgehead atoms. The first-order valence-electron chi connectivity index (χ1n) is 8.99. The highest BCUT2D eigenvalue weighted by molar-refractivity contribution is 5.33. The minimum absolute atomic E-state index is 0.0246. The van der Waals surface area contributed by atoms with Crippen molar-refractivity contribution in [2.75, 3.05) is 0 Å². The summed E-state index contributed by atoms with van der Waals surface area (Å²) in [5.74, 6) is -2.19. The third-order valence-corrected chi connectivity index (χ3v) is 4.53. The average molecular weight is 447 g/mol. The van der Waals surface area contributed by atoms with Crippen LogP contribution in [0.15, 0.2) is 61.3 Å². The van der Waals surface area contributed by atoms with E-state index in [4.69, 9.17) is 4.74 Å². The maximum atomic E-state index is 14.5. The van der Waals surface area contributed by atoms with Crippen LogP contribution < -0.4 is 4.74 Å². The van der Waals surface area contributed by atoms with Crippen molar-refractivity contribution in [3.8, 4) is 11.8 Å². The van der Waals surface area contributed by atoms with Crippen molar-refractivity contribution in [3.63, 3.8) is 0 Å². The Balaban J connectivity index is 1.78. The van der Waals surface area contributed by atoms with Crippen LogP contribution in [0.4, 0.5) is 17.6 Å². The number of alkyl halides is 2. The second kappa shape index (κ2) is 8.63. The molecule has 4 rings (SSSR count). The number of pyridine rings is 1. The van der Waals surface area contributed by atoms with Gasteiger partial charge in [-0.1, -0.05) is 0 Å². The highest BCUT2D eigenvalue weighted by Crippen LogP contribution is 2.43. The van der Waals surface area contributed by atoms with E-state index in [0.717, 1.165) is 23.1 Å². The van der Waals surface area contributed by atoms with E-state index in [-0.39, 0.29) is 17.5 Å². The molecule has 4 aromatic rings. The molecule has 1 aromatic carbocycles. The van der Waals surface area contributed by atoms with E-state index in [1.165, 1.54) is 30.7 Å². The van der Waals surface area contributed by atoms with Crippen LogP contribution in [0.25, 0.3) is 0 Å². The van der Waals surface area contributed by atoms with Crippen LogP contribution in [0.1, 0.15) is 17.3 Å². The van der Waals surface area contributed by atoms with Crippen LogP contribution >= 0.6 is 0 Å². The van der Waals surface area contributed by atoms with E-state index in [1.807, 2.05) is 0 Å². The summed E-state index contributed by atoms with van der Waals surface area (Å²) < 4.78 is 62.6. The van der Waals surface area contributed by atoms with Gasteiger partial charge in [0, 0.05) is 24.0 Å². The minimum atomic E-state index is -3.54. The van der Waals surface area contributed by atoms with Gasteiger partial charge < -0.3 is 9.84 Å². The molecule has 3 aromatic heterocycles. The van der Waals surface area contributed by atoms with Crippen molar-refractivity contribution in [2.24, 2.45) is 0 Å². The topological polar surface area (TPSA) is 112 Å². The number of hydrogen-bond donors (Lipinski definition) is 1. The zero-order valence-corrected chi connectivity index (χ0v) is 15.9. The number of hydrogen-bond acceptors (Lipinski definition) is 8. The number of benzene rings is 1. The van der Waals surface area contributed by atoms with Gasteiger partial charge in [0.25, 0.3) is 6.43 Å². The Labute approximate surface area is 177 Å². The Kier molecular flexibility index (Phi) is 5.73. The lowest BCUT2D eigenvalue weighted by molar-refractivity contribution is -0.131. The van der Waals surface area contributed by atoms with Crippen molar-refractivity contribution in [1.29, 1.82) is 0 Å². The van der Waals surface area contributed by atoms with Gasteiger partial charge in [-0.25, -0.2) is 32.2 Å². The molecule has 0 saturated carbocycles. The lowest BCUT2D eigenvalue weighted by Gasteiger charge is -2.35. The van der Waals surface area contributed by atoms with E-state index < -0.39 is 35.3 Å². The van der Waals surface area contributed by atoms with Crippen LogP contribution in [0.3, 0.4) is 0 Å². The molecule has 0 aliphatic carbocycles. The van der Waals surface area contributed by atoms with Gasteiger partial charge in [0.15, 0.2) is 5.60 Å². The number of tetrazole rings is 1. The highest BCUT2D eigenvalue weighted by Gasteiger charge is 2.52. The molecule has 0 spiro atoms. The van der Waals surface area contributed by atoms with Crippen molar-refractivity contribution in [1.82, 2.24) is 35.2 Å². The molecule has 2 unspecified atom stereocenters. The standard InChI is InChI=1S/C19H13F4N7O2/c20-11-2-4-13(14(21)8-11)19(31,17(22)23)16(30-10-27-28-29-30)15-5-3-12(9-26-15)32-18-24-6-1-7-25-18/h1-10,16-17,31H. The van der Waals surface area contributed by atoms with Gasteiger partial charge >= 0.3 is 6.01 Å². The zero-order valence-electron chi connectivity index (χ0n) is 15.9. The van der Waals surface area contributed by atoms with Crippen LogP contribution in [0, 0.1) is 11.6 Å². The van der Waals surface area contributed by atoms with Crippen LogP contribution in [0.5, 0.6) is 11.8 Å². The van der Waals surface area contributed by atoms with E-state index >= 15 is 0 Å². The molecule has 0 aliphatic rings. The molecule has 0 aliphatic heterocycles. The normalized spacial score (nSPS) is 14.2. The smallest absolute Gasteiger partial charge is 0.321 e. The first kappa shape index (κ1) is 21.2. The lowest BCUT2D eigenvalue weighted by atomic mass is 9.84. The van der Waals surface area contributed by atoms with Crippen molar-refractivity contribution < 1.29 is 27.4 Å². The fraction of sp³-hybridized carbons (Fsp3) is 0.158. The van der Waals surface area contributed by atoms with Gasteiger partial charge in [0.2, 0.25) is 0 Å². The molecule has 164 valence electrons. The molecule has 0 amide bonds. The van der Waals surface area contributed by atoms with E-state index in [1.54, 1.807) is 6.07 Å². The van der Waals surface area contributed by atoms with Gasteiger partial charge in [-0.05, 0) is 40.8 Å². The molecule has 0 fully saturated rings. The lowest BCUT2D eigenvalue weighted by Crippen LogP contribution is -2.45. The van der Waals surface area contributed by atoms with Crippen molar-refractivity contribution in [3.05, 3.63) is 84.2 Å². The predicted molar refractivity (Wildman–Crippen MR) is 98.6 cm³/mol. The largest absolute Gasteiger partial charge is 0.423 e. The number of ether oxygens (including phenoxy) is 1. The minimum Gasteiger partial charge on any atom is -0.423 e. The van der Waals surface area contributed by atoms with Crippen LogP contribution in [-0.4, -0.2) is 46.7 Å². The summed E-state index contributed by atoms with van der Waals surface area (Å²) >= 11 is 0. The predicted octanol–water partition coefficient (Wildman–Crippen LogP) is 2.67. The molecule has 3 heterocycles. The van der Waals surface area contributed by atoms with Crippen LogP contribution in [0.2, 0.25) is 0 Å². The van der Waals surface area contributed by atoms with Gasteiger partial charge in [-0.3, -0.25) is 4.98 Å². The van der Waals surface area contributed by atoms with E-state index in [0.29, 0.717) is 6.07 Å². The number of nitrogens with zero attached hydrogens (tertiary/aromatic N) is 7. The monoisotopic (exact) mass is 447 g/mol. The number of aromatic nitrogens is 7. The second-order valence-corrected chi connectivity index (χ2v) is 6.49. The molecule has 13 heteroatoms. The molecule has 0 saturated heterocycles. The molecular formula is C19H13F4N7O2. The Bertz CT molecular complexity index is 1180. The fourth-order valence-corrected chi connectivity index (χ4v) is 3.11. The third kappa shape index (κ3) is 3.97. The Morgan fingerprint density at radius 2 is 1.81 bits per heavy atom. The third-order valence-electron chi connectivity index (χ3n) is 4.53. The number of aliphatic hydroxyl groups is 1. The zero-order chi connectivity index (χ0) is 22.7. The Hall–Kier alpha value is -4.00. The summed E-state index contributed by atoms with van der Waals surface area (Å²) in [6, 6.07) is 4.35. The number of halogens is 4. The van der Waals surface area contributed by atoms with Crippen molar-refractivity contribution >= 4 is 0 Å². The quantitative estimate of drug-likeness (QED) is 0.431. The summed E-state index contributed by atoms with van der Waals surface area (Å²) in [6.07, 6.45) is 1.52. The maximum Gasteiger partial charge on any atom is 0.321 e. The summed E-state index contributed by atoms with van der Waals surface area (Å²) in [4.78, 5) is 11.8. The summed E-state index contributed by atoms with van der Waals surface area (Å²) in [5, 5.41) is 21.5. The molecule has 32 heavy (non-hydrogen) atoms. The second-order valence-electron chi connectivity index (χ2n) is 6.49. The Morgan fingerprint density at radius 3 is 2.41 bits per heavy atom. The van der Waals surface area contributed by atoms with E-state index in [9.17, 15) is 22.7 Å². The molecule has 9 nitrogen and oxygen atoms in total. The average Bonchev–Trinajstić information content (AvgIpc) is 3.30. The molecule has 2 atom stereocenters. The molecular weight excluding hydrogens is 434 g/mol. The van der Waals surface area contributed by atoms with E-state index in [2.05, 4.69) is 30.5 Å². The highest BCUT2D eigenvalue weighted by atomic mass is 19.3. The summed E-state index contributed by atoms with van der Waals surface area (Å²) in [6.45, 7) is 0. The SMILES string of the molecule is OC(c1ccc(F)cc1F)(C(F)F)C(c1ccc(Oc2ncccn2)cn1)n1cnnn1. The molecule has 1 N–H and O–H groups in total. The Morgan fingerprint density at radius 1 is 1.03 bits per heavy atom. The van der Waals surface area contributed by atoms with Gasteiger partial charge in [-0.2, -0.15) is 0 Å². The van der Waals surface area contributed by atoms with Crippen LogP contribution in [-0.2, 0) is 5.60 Å². The molecule has 0 radical (unpaired) electrons. The number of rotatable bonds is 7. The summed E-state index contributed by atoms with van der Waals surface area (Å²) in [7, 11) is 0. The van der Waals surface area contributed by atoms with Gasteiger partial charge in [0.05, 0.1) is 11.9 Å². The van der Waals surface area contributed by atoms with Crippen molar-refractivity contribution in [2.45, 2.75) is 18.1 Å². The summed E-state index contributed by atoms with van der Waals surface area (Å²) in [5.41, 5.74) is -4.20. The first-order valence-corrected chi connectivity index (χ1v) is 8.99. The first-order chi connectivity index (χ1) is 15.4. The van der Waals surface area contributed by atoms with Gasteiger partial charge in [0.1, 0.15) is 29.8 Å². The van der Waals surface area contributed by atoms with Gasteiger partial charge in [-0.15, -0.1) is 5.10 Å². The maximum absolute atomic E-state index is 14.5.